The second-order valence-electron chi connectivity index (χ2n) is 4.10. The van der Waals surface area contributed by atoms with Gasteiger partial charge in [0.15, 0.2) is 0 Å². The molecular formula is C12H15BrClFN2O2. The van der Waals surface area contributed by atoms with E-state index in [-0.39, 0.29) is 36.5 Å². The van der Waals surface area contributed by atoms with E-state index >= 15 is 0 Å². The van der Waals surface area contributed by atoms with Gasteiger partial charge in [0.05, 0.1) is 18.9 Å². The maximum Gasteiger partial charge on any atom is 0.226 e. The van der Waals surface area contributed by atoms with E-state index in [9.17, 15) is 9.18 Å². The van der Waals surface area contributed by atoms with Gasteiger partial charge in [-0.1, -0.05) is 15.9 Å². The van der Waals surface area contributed by atoms with Crippen LogP contribution in [0.4, 0.5) is 10.1 Å². The van der Waals surface area contributed by atoms with Gasteiger partial charge in [-0.05, 0) is 18.2 Å². The van der Waals surface area contributed by atoms with Crippen LogP contribution < -0.4 is 10.6 Å². The first-order valence-corrected chi connectivity index (χ1v) is 6.50. The highest BCUT2D eigenvalue weighted by molar-refractivity contribution is 9.10. The van der Waals surface area contributed by atoms with Gasteiger partial charge < -0.3 is 15.4 Å². The van der Waals surface area contributed by atoms with Crippen LogP contribution in [0.2, 0.25) is 0 Å². The number of morpholine rings is 1. The number of hydrogen-bond donors (Lipinski definition) is 2. The SMILES string of the molecule is Cl.O=C(CC1COCCN1)Nc1ccc(Br)cc1F. The molecule has 0 aromatic heterocycles. The molecule has 1 fully saturated rings. The molecule has 1 amide bonds. The lowest BCUT2D eigenvalue weighted by molar-refractivity contribution is -0.117. The maximum atomic E-state index is 13.5. The van der Waals surface area contributed by atoms with E-state index in [0.29, 0.717) is 17.7 Å². The third-order valence-corrected chi connectivity index (χ3v) is 3.13. The molecular weight excluding hydrogens is 338 g/mol. The second-order valence-corrected chi connectivity index (χ2v) is 5.02. The molecule has 1 heterocycles. The lowest BCUT2D eigenvalue weighted by atomic mass is 10.2. The zero-order chi connectivity index (χ0) is 13.0. The van der Waals surface area contributed by atoms with Crippen molar-refractivity contribution in [1.82, 2.24) is 5.32 Å². The van der Waals surface area contributed by atoms with Gasteiger partial charge in [0.1, 0.15) is 5.82 Å². The second kappa shape index (κ2) is 7.79. The number of benzene rings is 1. The molecule has 1 atom stereocenters. The summed E-state index contributed by atoms with van der Waals surface area (Å²) in [7, 11) is 0. The van der Waals surface area contributed by atoms with Gasteiger partial charge in [0.2, 0.25) is 5.91 Å². The molecule has 4 nitrogen and oxygen atoms in total. The van der Waals surface area contributed by atoms with E-state index in [1.165, 1.54) is 12.1 Å². The Hall–Kier alpha value is -0.690. The zero-order valence-corrected chi connectivity index (χ0v) is 12.5. The largest absolute Gasteiger partial charge is 0.378 e. The summed E-state index contributed by atoms with van der Waals surface area (Å²) in [5.41, 5.74) is 0.194. The van der Waals surface area contributed by atoms with Gasteiger partial charge in [0.25, 0.3) is 0 Å². The number of carbonyl (C=O) groups is 1. The topological polar surface area (TPSA) is 50.4 Å². The molecule has 0 radical (unpaired) electrons. The van der Waals surface area contributed by atoms with Crippen molar-refractivity contribution in [1.29, 1.82) is 0 Å². The lowest BCUT2D eigenvalue weighted by Crippen LogP contribution is -2.43. The summed E-state index contributed by atoms with van der Waals surface area (Å²) in [5, 5.41) is 5.73. The van der Waals surface area contributed by atoms with Crippen molar-refractivity contribution in [2.45, 2.75) is 12.5 Å². The Bertz CT molecular complexity index is 442. The molecule has 1 saturated heterocycles. The molecule has 1 aromatic carbocycles. The van der Waals surface area contributed by atoms with Crippen molar-refractivity contribution in [2.75, 3.05) is 25.1 Å². The number of amides is 1. The fourth-order valence-corrected chi connectivity index (χ4v) is 2.10. The summed E-state index contributed by atoms with van der Waals surface area (Å²) in [5.74, 6) is -0.676. The maximum absolute atomic E-state index is 13.5. The van der Waals surface area contributed by atoms with Crippen LogP contribution in [0.1, 0.15) is 6.42 Å². The number of hydrogen-bond acceptors (Lipinski definition) is 3. The van der Waals surface area contributed by atoms with Crippen LogP contribution in [0.3, 0.4) is 0 Å². The van der Waals surface area contributed by atoms with Crippen molar-refractivity contribution in [2.24, 2.45) is 0 Å². The van der Waals surface area contributed by atoms with Crippen LogP contribution in [0, 0.1) is 5.82 Å². The molecule has 0 spiro atoms. The summed E-state index contributed by atoms with van der Waals surface area (Å²) in [6, 6.07) is 4.53. The van der Waals surface area contributed by atoms with Crippen LogP contribution in [0.25, 0.3) is 0 Å². The average molecular weight is 354 g/mol. The minimum atomic E-state index is -0.453. The smallest absolute Gasteiger partial charge is 0.226 e. The minimum absolute atomic E-state index is 0. The highest BCUT2D eigenvalue weighted by Gasteiger charge is 2.17. The van der Waals surface area contributed by atoms with Crippen LogP contribution in [0.15, 0.2) is 22.7 Å². The number of halogens is 3. The normalized spacial score (nSPS) is 18.5. The van der Waals surface area contributed by atoms with E-state index in [1.54, 1.807) is 6.07 Å². The Labute approximate surface area is 125 Å². The van der Waals surface area contributed by atoms with Crippen molar-refractivity contribution in [3.05, 3.63) is 28.5 Å². The van der Waals surface area contributed by atoms with Crippen molar-refractivity contribution >= 4 is 39.9 Å². The quantitative estimate of drug-likeness (QED) is 0.877. The Balaban J connectivity index is 0.00000180. The summed E-state index contributed by atoms with van der Waals surface area (Å²) < 4.78 is 19.4. The molecule has 1 aliphatic rings. The highest BCUT2D eigenvalue weighted by atomic mass is 79.9. The van der Waals surface area contributed by atoms with Gasteiger partial charge in [-0.2, -0.15) is 0 Å². The molecule has 0 bridgehead atoms. The third-order valence-electron chi connectivity index (χ3n) is 2.64. The highest BCUT2D eigenvalue weighted by Crippen LogP contribution is 2.19. The van der Waals surface area contributed by atoms with E-state index in [1.807, 2.05) is 0 Å². The van der Waals surface area contributed by atoms with Gasteiger partial charge in [-0.3, -0.25) is 4.79 Å². The van der Waals surface area contributed by atoms with Gasteiger partial charge >= 0.3 is 0 Å². The molecule has 106 valence electrons. The average Bonchev–Trinajstić information content (AvgIpc) is 2.34. The Kier molecular flexibility index (Phi) is 6.71. The number of anilines is 1. The van der Waals surface area contributed by atoms with E-state index in [2.05, 4.69) is 26.6 Å². The molecule has 19 heavy (non-hydrogen) atoms. The predicted molar refractivity (Wildman–Crippen MR) is 77.2 cm³/mol. The number of ether oxygens (including phenoxy) is 1. The van der Waals surface area contributed by atoms with Crippen molar-refractivity contribution in [3.63, 3.8) is 0 Å². The fourth-order valence-electron chi connectivity index (χ4n) is 1.77. The first-order valence-electron chi connectivity index (χ1n) is 5.71. The van der Waals surface area contributed by atoms with Gasteiger partial charge in [-0.25, -0.2) is 4.39 Å². The molecule has 1 aliphatic heterocycles. The Morgan fingerprint density at radius 3 is 3.00 bits per heavy atom. The lowest BCUT2D eigenvalue weighted by Gasteiger charge is -2.23. The summed E-state index contributed by atoms with van der Waals surface area (Å²) in [4.78, 5) is 11.7. The van der Waals surface area contributed by atoms with E-state index in [4.69, 9.17) is 4.74 Å². The number of carbonyl (C=O) groups excluding carboxylic acids is 1. The first-order chi connectivity index (χ1) is 8.65. The van der Waals surface area contributed by atoms with Gasteiger partial charge in [0, 0.05) is 23.5 Å². The molecule has 1 unspecified atom stereocenters. The summed E-state index contributed by atoms with van der Waals surface area (Å²) in [6.07, 6.45) is 0.273. The molecule has 2 N–H and O–H groups in total. The molecule has 1 aromatic rings. The monoisotopic (exact) mass is 352 g/mol. The minimum Gasteiger partial charge on any atom is -0.378 e. The fraction of sp³-hybridized carbons (Fsp3) is 0.417. The standard InChI is InChI=1S/C12H14BrFN2O2.ClH/c13-8-1-2-11(10(14)5-8)16-12(17)6-9-7-18-4-3-15-9;/h1-2,5,9,15H,3-4,6-7H2,(H,16,17);1H. The molecule has 7 heteroatoms. The van der Waals surface area contributed by atoms with Crippen molar-refractivity contribution < 1.29 is 13.9 Å². The van der Waals surface area contributed by atoms with Crippen molar-refractivity contribution in [3.8, 4) is 0 Å². The predicted octanol–water partition coefficient (Wildman–Crippen LogP) is 2.33. The molecule has 2 rings (SSSR count). The van der Waals surface area contributed by atoms with Crippen LogP contribution in [-0.4, -0.2) is 31.7 Å². The molecule has 0 saturated carbocycles. The third kappa shape index (κ3) is 5.06. The molecule has 0 aliphatic carbocycles. The summed E-state index contributed by atoms with van der Waals surface area (Å²) >= 11 is 3.16. The van der Waals surface area contributed by atoms with Crippen LogP contribution in [0.5, 0.6) is 0 Å². The Morgan fingerprint density at radius 1 is 1.58 bits per heavy atom. The Morgan fingerprint density at radius 2 is 2.37 bits per heavy atom. The zero-order valence-electron chi connectivity index (χ0n) is 10.1. The van der Waals surface area contributed by atoms with Gasteiger partial charge in [-0.15, -0.1) is 12.4 Å². The first kappa shape index (κ1) is 16.4. The number of rotatable bonds is 3. The van der Waals surface area contributed by atoms with Crippen LogP contribution >= 0.6 is 28.3 Å². The van der Waals surface area contributed by atoms with E-state index < -0.39 is 5.82 Å². The van der Waals surface area contributed by atoms with E-state index in [0.717, 1.165) is 6.54 Å². The van der Waals surface area contributed by atoms with Crippen LogP contribution in [-0.2, 0) is 9.53 Å². The number of nitrogens with one attached hydrogen (secondary N) is 2. The summed E-state index contributed by atoms with van der Waals surface area (Å²) in [6.45, 7) is 1.92.